The van der Waals surface area contributed by atoms with Gasteiger partial charge in [-0.2, -0.15) is 4.31 Å². The van der Waals surface area contributed by atoms with Crippen molar-refractivity contribution in [2.45, 2.75) is 18.7 Å². The Labute approximate surface area is 101 Å². The van der Waals surface area contributed by atoms with Crippen LogP contribution in [0.1, 0.15) is 24.2 Å². The molecular formula is C11H15NO4S. The first kappa shape index (κ1) is 13.7. The zero-order valence-electron chi connectivity index (χ0n) is 9.75. The Morgan fingerprint density at radius 3 is 2.00 bits per heavy atom. The summed E-state index contributed by atoms with van der Waals surface area (Å²) in [5.41, 5.74) is 0.0727. The molecule has 0 fully saturated rings. The van der Waals surface area contributed by atoms with Crippen molar-refractivity contribution in [3.8, 4) is 0 Å². The standard InChI is InChI=1S/C11H15NO4S/c1-3-12(4-2)17(15,16)10-7-5-9(6-8-10)11(13)14/h5-8H,3-4H2,1-2H3,(H,13,14). The van der Waals surface area contributed by atoms with Gasteiger partial charge in [0, 0.05) is 13.1 Å². The topological polar surface area (TPSA) is 74.7 Å². The van der Waals surface area contributed by atoms with E-state index in [0.29, 0.717) is 13.1 Å². The summed E-state index contributed by atoms with van der Waals surface area (Å²) in [4.78, 5) is 10.8. The van der Waals surface area contributed by atoms with E-state index in [2.05, 4.69) is 0 Å². The molecule has 0 heterocycles. The normalized spacial score (nSPS) is 11.7. The SMILES string of the molecule is CCN(CC)S(=O)(=O)c1ccc(C(=O)O)cc1. The van der Waals surface area contributed by atoms with Crippen LogP contribution < -0.4 is 0 Å². The number of carboxylic acids is 1. The van der Waals surface area contributed by atoms with E-state index in [4.69, 9.17) is 5.11 Å². The first-order chi connectivity index (χ1) is 7.93. The molecule has 0 saturated carbocycles. The number of nitrogens with zero attached hydrogens (tertiary/aromatic N) is 1. The second-order valence-corrected chi connectivity index (χ2v) is 5.36. The fourth-order valence-electron chi connectivity index (χ4n) is 1.48. The van der Waals surface area contributed by atoms with Crippen molar-refractivity contribution < 1.29 is 18.3 Å². The summed E-state index contributed by atoms with van der Waals surface area (Å²) in [5.74, 6) is -1.07. The average Bonchev–Trinajstić information content (AvgIpc) is 2.30. The number of hydrogen-bond acceptors (Lipinski definition) is 3. The molecule has 0 aromatic heterocycles. The molecule has 0 aliphatic rings. The van der Waals surface area contributed by atoms with Gasteiger partial charge in [0.05, 0.1) is 10.5 Å². The predicted octanol–water partition coefficient (Wildman–Crippen LogP) is 1.42. The Morgan fingerprint density at radius 1 is 1.18 bits per heavy atom. The van der Waals surface area contributed by atoms with Crippen LogP contribution in [0.3, 0.4) is 0 Å². The van der Waals surface area contributed by atoms with Crippen molar-refractivity contribution in [1.29, 1.82) is 0 Å². The molecule has 1 aromatic rings. The molecule has 0 aliphatic heterocycles. The lowest BCUT2D eigenvalue weighted by molar-refractivity contribution is 0.0696. The van der Waals surface area contributed by atoms with Gasteiger partial charge in [-0.25, -0.2) is 13.2 Å². The van der Waals surface area contributed by atoms with E-state index in [1.54, 1.807) is 13.8 Å². The molecule has 0 aliphatic carbocycles. The largest absolute Gasteiger partial charge is 0.478 e. The molecule has 0 saturated heterocycles. The fourth-order valence-corrected chi connectivity index (χ4v) is 2.94. The number of sulfonamides is 1. The molecular weight excluding hydrogens is 242 g/mol. The third kappa shape index (κ3) is 2.83. The average molecular weight is 257 g/mol. The summed E-state index contributed by atoms with van der Waals surface area (Å²) in [5, 5.41) is 8.72. The third-order valence-corrected chi connectivity index (χ3v) is 4.51. The van der Waals surface area contributed by atoms with E-state index >= 15 is 0 Å². The first-order valence-corrected chi connectivity index (χ1v) is 6.71. The lowest BCUT2D eigenvalue weighted by atomic mass is 10.2. The van der Waals surface area contributed by atoms with Gasteiger partial charge in [0.2, 0.25) is 10.0 Å². The van der Waals surface area contributed by atoms with Gasteiger partial charge in [-0.05, 0) is 24.3 Å². The summed E-state index contributed by atoms with van der Waals surface area (Å²) >= 11 is 0. The van der Waals surface area contributed by atoms with Crippen LogP contribution in [-0.4, -0.2) is 36.9 Å². The number of benzene rings is 1. The molecule has 0 spiro atoms. The Hall–Kier alpha value is -1.40. The summed E-state index contributed by atoms with van der Waals surface area (Å²) in [6, 6.07) is 5.21. The van der Waals surface area contributed by atoms with Gasteiger partial charge in [-0.1, -0.05) is 13.8 Å². The second-order valence-electron chi connectivity index (χ2n) is 3.42. The summed E-state index contributed by atoms with van der Waals surface area (Å²) in [7, 11) is -3.50. The van der Waals surface area contributed by atoms with Crippen molar-refractivity contribution >= 4 is 16.0 Å². The summed E-state index contributed by atoms with van der Waals surface area (Å²) in [6.07, 6.45) is 0. The molecule has 1 aromatic carbocycles. The number of carboxylic acid groups (broad SMARTS) is 1. The molecule has 1 N–H and O–H groups in total. The molecule has 5 nitrogen and oxygen atoms in total. The fraction of sp³-hybridized carbons (Fsp3) is 0.364. The van der Waals surface area contributed by atoms with E-state index < -0.39 is 16.0 Å². The monoisotopic (exact) mass is 257 g/mol. The lowest BCUT2D eigenvalue weighted by Crippen LogP contribution is -2.30. The molecule has 0 atom stereocenters. The van der Waals surface area contributed by atoms with Gasteiger partial charge in [-0.15, -0.1) is 0 Å². The Bertz CT molecular complexity index is 489. The number of hydrogen-bond donors (Lipinski definition) is 1. The molecule has 0 radical (unpaired) electrons. The molecule has 94 valence electrons. The highest BCUT2D eigenvalue weighted by molar-refractivity contribution is 7.89. The predicted molar refractivity (Wildman–Crippen MR) is 63.5 cm³/mol. The molecule has 0 unspecified atom stereocenters. The van der Waals surface area contributed by atoms with Crippen LogP contribution in [0.25, 0.3) is 0 Å². The zero-order valence-corrected chi connectivity index (χ0v) is 10.6. The number of carbonyl (C=O) groups is 1. The minimum atomic E-state index is -3.50. The number of aromatic carboxylic acids is 1. The minimum absolute atomic E-state index is 0.0727. The Balaban J connectivity index is 3.12. The van der Waals surface area contributed by atoms with Gasteiger partial charge in [0.25, 0.3) is 0 Å². The maximum Gasteiger partial charge on any atom is 0.335 e. The molecule has 1 rings (SSSR count). The van der Waals surface area contributed by atoms with E-state index in [1.807, 2.05) is 0 Å². The van der Waals surface area contributed by atoms with Gasteiger partial charge in [0.1, 0.15) is 0 Å². The quantitative estimate of drug-likeness (QED) is 0.865. The van der Waals surface area contributed by atoms with Crippen molar-refractivity contribution in [1.82, 2.24) is 4.31 Å². The van der Waals surface area contributed by atoms with Crippen LogP contribution in [0.2, 0.25) is 0 Å². The van der Waals surface area contributed by atoms with Gasteiger partial charge in [-0.3, -0.25) is 0 Å². The van der Waals surface area contributed by atoms with Crippen LogP contribution in [-0.2, 0) is 10.0 Å². The highest BCUT2D eigenvalue weighted by atomic mass is 32.2. The van der Waals surface area contributed by atoms with E-state index in [1.165, 1.54) is 28.6 Å². The number of rotatable bonds is 5. The highest BCUT2D eigenvalue weighted by Crippen LogP contribution is 2.16. The summed E-state index contributed by atoms with van der Waals surface area (Å²) in [6.45, 7) is 4.29. The van der Waals surface area contributed by atoms with Crippen molar-refractivity contribution in [3.63, 3.8) is 0 Å². The van der Waals surface area contributed by atoms with Crippen molar-refractivity contribution in [2.24, 2.45) is 0 Å². The van der Waals surface area contributed by atoms with Crippen LogP contribution in [0.5, 0.6) is 0 Å². The van der Waals surface area contributed by atoms with E-state index in [0.717, 1.165) is 0 Å². The Kier molecular flexibility index (Phi) is 4.25. The zero-order chi connectivity index (χ0) is 13.1. The van der Waals surface area contributed by atoms with E-state index in [-0.39, 0.29) is 10.5 Å². The van der Waals surface area contributed by atoms with Crippen LogP contribution in [0.4, 0.5) is 0 Å². The van der Waals surface area contributed by atoms with Crippen molar-refractivity contribution in [3.05, 3.63) is 29.8 Å². The van der Waals surface area contributed by atoms with Gasteiger partial charge in [0.15, 0.2) is 0 Å². The second kappa shape index (κ2) is 5.29. The highest BCUT2D eigenvalue weighted by Gasteiger charge is 2.21. The Morgan fingerprint density at radius 2 is 1.65 bits per heavy atom. The first-order valence-electron chi connectivity index (χ1n) is 5.27. The molecule has 17 heavy (non-hydrogen) atoms. The van der Waals surface area contributed by atoms with Crippen LogP contribution >= 0.6 is 0 Å². The molecule has 0 amide bonds. The molecule has 0 bridgehead atoms. The molecule has 6 heteroatoms. The van der Waals surface area contributed by atoms with Crippen LogP contribution in [0, 0.1) is 0 Å². The van der Waals surface area contributed by atoms with Crippen molar-refractivity contribution in [2.75, 3.05) is 13.1 Å². The van der Waals surface area contributed by atoms with E-state index in [9.17, 15) is 13.2 Å². The smallest absolute Gasteiger partial charge is 0.335 e. The van der Waals surface area contributed by atoms with Gasteiger partial charge < -0.3 is 5.11 Å². The lowest BCUT2D eigenvalue weighted by Gasteiger charge is -2.18. The maximum absolute atomic E-state index is 12.1. The van der Waals surface area contributed by atoms with Gasteiger partial charge >= 0.3 is 5.97 Å². The van der Waals surface area contributed by atoms with Crippen LogP contribution in [0.15, 0.2) is 29.2 Å². The minimum Gasteiger partial charge on any atom is -0.478 e. The summed E-state index contributed by atoms with van der Waals surface area (Å²) < 4.78 is 25.4. The maximum atomic E-state index is 12.1. The third-order valence-electron chi connectivity index (χ3n) is 2.44.